The maximum Gasteiger partial charge on any atom is 0.281 e. The van der Waals surface area contributed by atoms with Gasteiger partial charge < -0.3 is 30.3 Å². The molecule has 2 atom stereocenters. The Labute approximate surface area is 490 Å². The summed E-state index contributed by atoms with van der Waals surface area (Å²) in [5.41, 5.74) is 0.762. The van der Waals surface area contributed by atoms with Crippen molar-refractivity contribution in [3.8, 4) is 23.4 Å². The summed E-state index contributed by atoms with van der Waals surface area (Å²) >= 11 is 6.29. The Kier molecular flexibility index (Phi) is 17.1. The molecule has 83 heavy (non-hydrogen) atoms. The number of anilines is 3. The fraction of sp³-hybridized carbons (Fsp3) is 0.517. The Hall–Kier alpha value is -6.89. The van der Waals surface area contributed by atoms with Crippen LogP contribution >= 0.6 is 11.6 Å². The molecule has 5 aliphatic rings. The predicted octanol–water partition coefficient (Wildman–Crippen LogP) is 8.74. The second kappa shape index (κ2) is 24.0. The van der Waals surface area contributed by atoms with E-state index in [1.54, 1.807) is 65.6 Å². The van der Waals surface area contributed by atoms with Gasteiger partial charge in [-0.05, 0) is 182 Å². The molecule has 22 nitrogen and oxygen atoms in total. The number of ether oxygens (including phenoxy) is 2. The number of hydrogen-bond donors (Lipinski definition) is 5. The molecule has 2 saturated heterocycles. The molecule has 9 heterocycles. The Bertz CT molecular complexity index is 3570. The lowest BCUT2D eigenvalue weighted by Crippen LogP contribution is -2.41. The molecule has 25 heteroatoms. The molecular weight excluding hydrogens is 1120 g/mol. The molecule has 4 fully saturated rings. The number of nitrogens with zero attached hydrogens (tertiary/aromatic N) is 9. The number of fused-ring (bicyclic) bond motifs is 6. The lowest BCUT2D eigenvalue weighted by molar-refractivity contribution is 0.0972. The van der Waals surface area contributed by atoms with Gasteiger partial charge in [0, 0.05) is 55.2 Å². The van der Waals surface area contributed by atoms with Crippen LogP contribution in [0.15, 0.2) is 95.2 Å². The first-order chi connectivity index (χ1) is 39.4. The largest absolute Gasteiger partial charge is 0.477 e. The lowest BCUT2D eigenvalue weighted by atomic mass is 9.93. The zero-order chi connectivity index (χ0) is 58.8. The minimum Gasteiger partial charge on any atom is -0.477 e. The van der Waals surface area contributed by atoms with Gasteiger partial charge in [-0.25, -0.2) is 38.7 Å². The molecule has 2 saturated carbocycles. The van der Waals surface area contributed by atoms with Crippen LogP contribution in [0.4, 0.5) is 17.5 Å². The van der Waals surface area contributed by atoms with Crippen LogP contribution in [0.25, 0.3) is 11.6 Å². The van der Waals surface area contributed by atoms with Crippen LogP contribution in [0, 0.1) is 22.7 Å². The lowest BCUT2D eigenvalue weighted by Gasteiger charge is -2.34. The standard InChI is InChI=1S/C29H38ClN7O4S.C29H37N7O4S/c1-28(2)18-20(19-32-28)6-5-15-31-22-7-4-8-25(33-22)42(39,40)36-27(38)21-9-10-23(34-26(21)30)37-16-11-24(35-37)41-17-14-29(3)12-13-29;1-28(2)18-20-6-5-15-30-22-7-4-8-25(31-22)41(38,39)34-27(37)21-9-10-23(32-26(21)35(28)19-20)36-16-11-24(33-36)40-17-14-29(3)12-13-29/h4,7-11,16,20,32H,5-6,12-15,17-19H2,1-3H3,(H,31,33)(H,36,38);4,7-11,16,20H,5-6,12-15,17-19H2,1-3H3,(H,30,31)(H,34,37). The summed E-state index contributed by atoms with van der Waals surface area (Å²) in [6.07, 6.45) is 16.3. The van der Waals surface area contributed by atoms with Crippen molar-refractivity contribution in [1.82, 2.24) is 54.3 Å². The van der Waals surface area contributed by atoms with Crippen molar-refractivity contribution in [1.29, 1.82) is 0 Å². The van der Waals surface area contributed by atoms with Gasteiger partial charge in [-0.3, -0.25) is 9.59 Å². The van der Waals surface area contributed by atoms with E-state index in [0.717, 1.165) is 57.9 Å². The Morgan fingerprint density at radius 2 is 1.47 bits per heavy atom. The van der Waals surface area contributed by atoms with Gasteiger partial charge in [0.25, 0.3) is 31.9 Å². The highest BCUT2D eigenvalue weighted by Crippen LogP contribution is 2.49. The zero-order valence-electron chi connectivity index (χ0n) is 48.0. The van der Waals surface area contributed by atoms with E-state index in [2.05, 4.69) is 92.3 Å². The first-order valence-electron chi connectivity index (χ1n) is 28.6. The molecule has 444 valence electrons. The number of carbonyl (C=O) groups is 2. The van der Waals surface area contributed by atoms with Gasteiger partial charge >= 0.3 is 0 Å². The molecule has 5 N–H and O–H groups in total. The number of halogens is 1. The molecule has 4 bridgehead atoms. The number of nitrogens with one attached hydrogen (secondary N) is 5. The molecule has 6 aromatic heterocycles. The van der Waals surface area contributed by atoms with E-state index in [1.807, 2.05) is 4.72 Å². The zero-order valence-corrected chi connectivity index (χ0v) is 50.3. The number of hydrogen-bond acceptors (Lipinski definition) is 18. The van der Waals surface area contributed by atoms with Gasteiger partial charge in [-0.15, -0.1) is 10.2 Å². The molecule has 11 rings (SSSR count). The van der Waals surface area contributed by atoms with Crippen LogP contribution in [0.5, 0.6) is 11.8 Å². The van der Waals surface area contributed by atoms with Crippen LogP contribution in [0.1, 0.15) is 139 Å². The average Bonchev–Trinajstić information content (AvgIpc) is 4.20. The number of carbonyl (C=O) groups excluding carboxylic acids is 2. The smallest absolute Gasteiger partial charge is 0.281 e. The normalized spacial score (nSPS) is 20.7. The molecule has 2 amide bonds. The van der Waals surface area contributed by atoms with Crippen LogP contribution in [0.3, 0.4) is 0 Å². The summed E-state index contributed by atoms with van der Waals surface area (Å²) in [6, 6.07) is 19.1. The molecule has 3 aliphatic heterocycles. The van der Waals surface area contributed by atoms with E-state index in [0.29, 0.717) is 96.4 Å². The monoisotopic (exact) mass is 1190 g/mol. The Balaban J connectivity index is 0.000000185. The number of pyridine rings is 4. The fourth-order valence-corrected chi connectivity index (χ4v) is 13.0. The van der Waals surface area contributed by atoms with Gasteiger partial charge in [0.2, 0.25) is 11.8 Å². The summed E-state index contributed by atoms with van der Waals surface area (Å²) in [6.45, 7) is 17.4. The van der Waals surface area contributed by atoms with Crippen LogP contribution in [-0.2, 0) is 20.0 Å². The highest BCUT2D eigenvalue weighted by Gasteiger charge is 2.42. The third-order valence-corrected chi connectivity index (χ3v) is 19.2. The summed E-state index contributed by atoms with van der Waals surface area (Å²) < 4.78 is 71.3. The summed E-state index contributed by atoms with van der Waals surface area (Å²) in [4.78, 5) is 46.1. The fourth-order valence-electron chi connectivity index (χ4n) is 10.9. The van der Waals surface area contributed by atoms with E-state index in [-0.39, 0.29) is 37.4 Å². The van der Waals surface area contributed by atoms with Crippen LogP contribution < -0.4 is 39.8 Å². The van der Waals surface area contributed by atoms with Gasteiger partial charge in [0.15, 0.2) is 21.7 Å². The minimum absolute atomic E-state index is 0.0934. The molecule has 0 radical (unpaired) electrons. The first-order valence-corrected chi connectivity index (χ1v) is 31.9. The number of sulfonamides is 2. The molecule has 2 aliphatic carbocycles. The average molecular weight is 1200 g/mol. The third-order valence-electron chi connectivity index (χ3n) is 16.4. The maximum atomic E-state index is 13.6. The molecule has 0 spiro atoms. The summed E-state index contributed by atoms with van der Waals surface area (Å²) in [5.74, 6) is 2.50. The third kappa shape index (κ3) is 15.1. The van der Waals surface area contributed by atoms with Gasteiger partial charge in [0.05, 0.1) is 24.3 Å². The predicted molar refractivity (Wildman–Crippen MR) is 316 cm³/mol. The summed E-state index contributed by atoms with van der Waals surface area (Å²) in [7, 11) is -8.48. The van der Waals surface area contributed by atoms with Gasteiger partial charge in [-0.2, -0.15) is 16.8 Å². The number of aromatic nitrogens is 8. The second-order valence-corrected chi connectivity index (χ2v) is 28.2. The highest BCUT2D eigenvalue weighted by molar-refractivity contribution is 7.90. The van der Waals surface area contributed by atoms with Gasteiger partial charge in [-0.1, -0.05) is 37.6 Å². The number of amides is 2. The van der Waals surface area contributed by atoms with Gasteiger partial charge in [0.1, 0.15) is 22.6 Å². The van der Waals surface area contributed by atoms with Crippen molar-refractivity contribution in [3.05, 3.63) is 101 Å². The molecule has 6 aromatic rings. The van der Waals surface area contributed by atoms with Crippen molar-refractivity contribution in [2.24, 2.45) is 22.7 Å². The molecule has 2 unspecified atom stereocenters. The highest BCUT2D eigenvalue weighted by atomic mass is 35.5. The van der Waals surface area contributed by atoms with E-state index in [4.69, 9.17) is 26.1 Å². The van der Waals surface area contributed by atoms with Crippen LogP contribution in [-0.4, -0.2) is 119 Å². The van der Waals surface area contributed by atoms with Crippen molar-refractivity contribution < 1.29 is 35.9 Å². The number of rotatable bonds is 18. The van der Waals surface area contributed by atoms with Crippen molar-refractivity contribution in [3.63, 3.8) is 0 Å². The molecular formula is C58H75ClN14O8S2. The van der Waals surface area contributed by atoms with E-state index < -0.39 is 31.9 Å². The quantitative estimate of drug-likeness (QED) is 0.0397. The molecule has 0 aromatic carbocycles. The van der Waals surface area contributed by atoms with Crippen molar-refractivity contribution in [2.75, 3.05) is 54.9 Å². The van der Waals surface area contributed by atoms with E-state index in [1.165, 1.54) is 54.6 Å². The SMILES string of the molecule is CC1(CCOc2ccn(-c3ccc(C(=O)NS(=O)(=O)c4cccc(NCCCC5CNC(C)(C)C5)n4)c(Cl)n3)n2)CC1.CC1(CCOc2ccn(-c3ccc4c(n3)N3CC(CCCNc5cccc(n5)S(=O)(=O)NC4=O)CC3(C)C)n2)CC1. The topological polar surface area (TPSA) is 271 Å². The van der Waals surface area contributed by atoms with Crippen molar-refractivity contribution in [2.45, 2.75) is 140 Å². The maximum absolute atomic E-state index is 13.6. The van der Waals surface area contributed by atoms with E-state index >= 15 is 0 Å². The van der Waals surface area contributed by atoms with Crippen LogP contribution in [0.2, 0.25) is 5.15 Å². The Morgan fingerprint density at radius 3 is 2.12 bits per heavy atom. The second-order valence-electron chi connectivity index (χ2n) is 24.6. The summed E-state index contributed by atoms with van der Waals surface area (Å²) in [5, 5.41) is 18.2. The minimum atomic E-state index is -4.26. The first kappa shape index (κ1) is 59.3. The van der Waals surface area contributed by atoms with Crippen molar-refractivity contribution >= 4 is 60.9 Å². The Morgan fingerprint density at radius 1 is 0.807 bits per heavy atom. The van der Waals surface area contributed by atoms with E-state index in [9.17, 15) is 26.4 Å².